The van der Waals surface area contributed by atoms with Crippen LogP contribution in [0.4, 0.5) is 13.2 Å². The van der Waals surface area contributed by atoms with Crippen LogP contribution in [0.1, 0.15) is 11.1 Å². The minimum atomic E-state index is -4.34. The zero-order chi connectivity index (χ0) is 18.3. The van der Waals surface area contributed by atoms with Gasteiger partial charge in [-0.05, 0) is 55.0 Å². The lowest BCUT2D eigenvalue weighted by Crippen LogP contribution is -2.04. The second-order valence-corrected chi connectivity index (χ2v) is 6.19. The van der Waals surface area contributed by atoms with Gasteiger partial charge in [0.15, 0.2) is 0 Å². The molecule has 130 valence electrons. The Bertz CT molecular complexity index is 1060. The quantitative estimate of drug-likeness (QED) is 0.431. The van der Waals surface area contributed by atoms with E-state index in [-0.39, 0.29) is 0 Å². The lowest BCUT2D eigenvalue weighted by atomic mass is 10.1. The summed E-state index contributed by atoms with van der Waals surface area (Å²) in [6.45, 7) is 2.01. The number of alkyl halides is 3. The lowest BCUT2D eigenvalue weighted by Gasteiger charge is -2.12. The molecule has 4 aromatic rings. The van der Waals surface area contributed by atoms with Gasteiger partial charge in [-0.15, -0.1) is 0 Å². The Kier molecular flexibility index (Phi) is 3.80. The van der Waals surface area contributed by atoms with Crippen molar-refractivity contribution in [1.82, 2.24) is 9.55 Å². The first-order valence-electron chi connectivity index (χ1n) is 8.14. The Balaban J connectivity index is 1.92. The van der Waals surface area contributed by atoms with Crippen LogP contribution in [0, 0.1) is 6.92 Å². The summed E-state index contributed by atoms with van der Waals surface area (Å²) in [4.78, 5) is 4.47. The maximum absolute atomic E-state index is 12.9. The Morgan fingerprint density at radius 3 is 2.23 bits per heavy atom. The van der Waals surface area contributed by atoms with Crippen LogP contribution in [0.15, 0.2) is 72.9 Å². The molecule has 0 atom stereocenters. The molecular weight excluding hydrogens is 337 g/mol. The van der Waals surface area contributed by atoms with Crippen molar-refractivity contribution in [3.63, 3.8) is 0 Å². The van der Waals surface area contributed by atoms with E-state index >= 15 is 0 Å². The van der Waals surface area contributed by atoms with Gasteiger partial charge in [0, 0.05) is 17.3 Å². The molecule has 2 aromatic carbocycles. The van der Waals surface area contributed by atoms with Crippen molar-refractivity contribution in [3.8, 4) is 16.9 Å². The van der Waals surface area contributed by atoms with Crippen molar-refractivity contribution >= 4 is 11.0 Å². The molecule has 0 fully saturated rings. The molecule has 0 amide bonds. The maximum atomic E-state index is 12.9. The molecule has 0 spiro atoms. The molecule has 0 aliphatic rings. The summed E-state index contributed by atoms with van der Waals surface area (Å²) in [6.07, 6.45) is -2.63. The maximum Gasteiger partial charge on any atom is 0.416 e. The Morgan fingerprint density at radius 1 is 0.885 bits per heavy atom. The van der Waals surface area contributed by atoms with Crippen LogP contribution in [0.25, 0.3) is 28.0 Å². The molecule has 0 N–H and O–H groups in total. The third-order valence-corrected chi connectivity index (χ3v) is 4.36. The highest BCUT2D eigenvalue weighted by Crippen LogP contribution is 2.34. The SMILES string of the molecule is Cc1ccc(-n2c(-c3ccc(C(F)(F)F)cc3)cc3cccnc32)cc1. The summed E-state index contributed by atoms with van der Waals surface area (Å²) in [7, 11) is 0. The fourth-order valence-electron chi connectivity index (χ4n) is 3.03. The van der Waals surface area contributed by atoms with Gasteiger partial charge in [0.05, 0.1) is 11.3 Å². The number of nitrogens with zero attached hydrogens (tertiary/aromatic N) is 2. The van der Waals surface area contributed by atoms with Crippen molar-refractivity contribution in [2.75, 3.05) is 0 Å². The van der Waals surface area contributed by atoms with E-state index in [0.717, 1.165) is 40.1 Å². The van der Waals surface area contributed by atoms with Crippen LogP contribution >= 0.6 is 0 Å². The van der Waals surface area contributed by atoms with E-state index in [1.165, 1.54) is 12.1 Å². The molecule has 0 saturated carbocycles. The van der Waals surface area contributed by atoms with E-state index in [1.54, 1.807) is 6.20 Å². The summed E-state index contributed by atoms with van der Waals surface area (Å²) in [5, 5.41) is 0.933. The molecule has 4 rings (SSSR count). The molecule has 0 unspecified atom stereocenters. The molecular formula is C21H15F3N2. The van der Waals surface area contributed by atoms with E-state index in [9.17, 15) is 13.2 Å². The number of halogens is 3. The van der Waals surface area contributed by atoms with E-state index in [1.807, 2.05) is 54.0 Å². The van der Waals surface area contributed by atoms with Gasteiger partial charge in [0.25, 0.3) is 0 Å². The number of aromatic nitrogens is 2. The molecule has 0 aliphatic heterocycles. The van der Waals surface area contributed by atoms with E-state index < -0.39 is 11.7 Å². The van der Waals surface area contributed by atoms with Gasteiger partial charge in [0.2, 0.25) is 0 Å². The first kappa shape index (κ1) is 16.4. The average Bonchev–Trinajstić information content (AvgIpc) is 3.01. The molecule has 0 radical (unpaired) electrons. The highest BCUT2D eigenvalue weighted by Gasteiger charge is 2.30. The molecule has 5 heteroatoms. The van der Waals surface area contributed by atoms with Crippen LogP contribution in [0.5, 0.6) is 0 Å². The predicted molar refractivity (Wildman–Crippen MR) is 96.2 cm³/mol. The van der Waals surface area contributed by atoms with Crippen molar-refractivity contribution < 1.29 is 13.2 Å². The highest BCUT2D eigenvalue weighted by atomic mass is 19.4. The minimum Gasteiger partial charge on any atom is -0.294 e. The predicted octanol–water partition coefficient (Wildman–Crippen LogP) is 6.02. The van der Waals surface area contributed by atoms with Gasteiger partial charge in [-0.3, -0.25) is 4.57 Å². The molecule has 0 bridgehead atoms. The zero-order valence-electron chi connectivity index (χ0n) is 14.0. The van der Waals surface area contributed by atoms with Gasteiger partial charge in [-0.2, -0.15) is 13.2 Å². The number of fused-ring (bicyclic) bond motifs is 1. The molecule has 26 heavy (non-hydrogen) atoms. The number of benzene rings is 2. The molecule has 2 heterocycles. The lowest BCUT2D eigenvalue weighted by molar-refractivity contribution is -0.137. The minimum absolute atomic E-state index is 0.655. The van der Waals surface area contributed by atoms with Gasteiger partial charge in [-0.1, -0.05) is 29.8 Å². The van der Waals surface area contributed by atoms with E-state index in [4.69, 9.17) is 0 Å². The van der Waals surface area contributed by atoms with Crippen molar-refractivity contribution in [3.05, 3.63) is 84.1 Å². The number of aryl methyl sites for hydroxylation is 1. The van der Waals surface area contributed by atoms with Crippen LogP contribution < -0.4 is 0 Å². The van der Waals surface area contributed by atoms with Gasteiger partial charge < -0.3 is 0 Å². The molecule has 2 nitrogen and oxygen atoms in total. The third-order valence-electron chi connectivity index (χ3n) is 4.36. The first-order valence-corrected chi connectivity index (χ1v) is 8.14. The summed E-state index contributed by atoms with van der Waals surface area (Å²) in [5.74, 6) is 0. The Labute approximate surface area is 148 Å². The number of pyridine rings is 1. The molecule has 0 saturated heterocycles. The summed E-state index contributed by atoms with van der Waals surface area (Å²) in [6, 6.07) is 18.9. The van der Waals surface area contributed by atoms with Crippen molar-refractivity contribution in [1.29, 1.82) is 0 Å². The number of hydrogen-bond donors (Lipinski definition) is 0. The fraction of sp³-hybridized carbons (Fsp3) is 0.0952. The number of hydrogen-bond acceptors (Lipinski definition) is 1. The van der Waals surface area contributed by atoms with Crippen LogP contribution in [0.3, 0.4) is 0 Å². The van der Waals surface area contributed by atoms with Crippen molar-refractivity contribution in [2.45, 2.75) is 13.1 Å². The van der Waals surface area contributed by atoms with Gasteiger partial charge >= 0.3 is 6.18 Å². The van der Waals surface area contributed by atoms with E-state index in [0.29, 0.717) is 5.56 Å². The van der Waals surface area contributed by atoms with Crippen LogP contribution in [0.2, 0.25) is 0 Å². The van der Waals surface area contributed by atoms with Crippen LogP contribution in [-0.2, 0) is 6.18 Å². The average molecular weight is 352 g/mol. The van der Waals surface area contributed by atoms with Crippen LogP contribution in [-0.4, -0.2) is 9.55 Å². The van der Waals surface area contributed by atoms with E-state index in [2.05, 4.69) is 4.98 Å². The third kappa shape index (κ3) is 2.86. The Morgan fingerprint density at radius 2 is 1.58 bits per heavy atom. The molecule has 0 aliphatic carbocycles. The normalized spacial score (nSPS) is 11.8. The van der Waals surface area contributed by atoms with Crippen molar-refractivity contribution in [2.24, 2.45) is 0 Å². The van der Waals surface area contributed by atoms with Gasteiger partial charge in [-0.25, -0.2) is 4.98 Å². The summed E-state index contributed by atoms with van der Waals surface area (Å²) < 4.78 is 40.5. The second-order valence-electron chi connectivity index (χ2n) is 6.19. The van der Waals surface area contributed by atoms with Gasteiger partial charge in [0.1, 0.15) is 5.65 Å². The summed E-state index contributed by atoms with van der Waals surface area (Å²) >= 11 is 0. The fourth-order valence-corrected chi connectivity index (χ4v) is 3.03. The largest absolute Gasteiger partial charge is 0.416 e. The monoisotopic (exact) mass is 352 g/mol. The first-order chi connectivity index (χ1) is 12.4. The zero-order valence-corrected chi connectivity index (χ0v) is 14.0. The second kappa shape index (κ2) is 6.02. The Hall–Kier alpha value is -3.08. The topological polar surface area (TPSA) is 17.8 Å². The summed E-state index contributed by atoms with van der Waals surface area (Å²) in [5.41, 5.74) is 3.67. The standard InChI is InChI=1S/C21H15F3N2/c1-14-4-10-18(11-5-14)26-19(13-16-3-2-12-25-20(16)26)15-6-8-17(9-7-15)21(22,23)24/h2-13H,1H3. The smallest absolute Gasteiger partial charge is 0.294 e. The number of rotatable bonds is 2. The molecule has 2 aromatic heterocycles. The highest BCUT2D eigenvalue weighted by molar-refractivity contribution is 5.86.